The summed E-state index contributed by atoms with van der Waals surface area (Å²) in [5, 5.41) is 3.34. The van der Waals surface area contributed by atoms with E-state index in [1.807, 2.05) is 55.8 Å². The minimum Gasteiger partial charge on any atom is -0.357 e. The molecule has 28 heavy (non-hydrogen) atoms. The molecule has 3 rings (SSSR count). The molecule has 3 aromatic rings. The largest absolute Gasteiger partial charge is 0.357 e. The Kier molecular flexibility index (Phi) is 8.93. The van der Waals surface area contributed by atoms with E-state index in [9.17, 15) is 0 Å². The molecule has 0 saturated carbocycles. The molecule has 0 unspecified atom stereocenters. The third-order valence-electron chi connectivity index (χ3n) is 4.15. The van der Waals surface area contributed by atoms with Crippen molar-refractivity contribution in [1.82, 2.24) is 25.2 Å². The lowest BCUT2D eigenvalue weighted by Crippen LogP contribution is -2.38. The first-order chi connectivity index (χ1) is 13.3. The van der Waals surface area contributed by atoms with Gasteiger partial charge in [-0.05, 0) is 24.6 Å². The lowest BCUT2D eigenvalue weighted by molar-refractivity contribution is 0.464. The van der Waals surface area contributed by atoms with Crippen LogP contribution in [0.2, 0.25) is 0 Å². The third-order valence-corrected chi connectivity index (χ3v) is 4.15. The van der Waals surface area contributed by atoms with Gasteiger partial charge in [-0.3, -0.25) is 9.98 Å². The number of pyridine rings is 1. The number of aliphatic imine (C=N–C) groups is 1. The number of nitrogens with one attached hydrogen (secondary N) is 2. The van der Waals surface area contributed by atoms with Crippen molar-refractivity contribution in [3.63, 3.8) is 0 Å². The molecular formula is C21H27IN6. The molecule has 2 aromatic heterocycles. The highest BCUT2D eigenvalue weighted by molar-refractivity contribution is 14.0. The average Bonchev–Trinajstić information content (AvgIpc) is 3.17. The molecule has 0 amide bonds. The summed E-state index contributed by atoms with van der Waals surface area (Å²) >= 11 is 0. The normalized spacial score (nSPS) is 11.0. The molecule has 0 aliphatic heterocycles. The maximum atomic E-state index is 4.72. The second-order valence-corrected chi connectivity index (χ2v) is 6.27. The summed E-state index contributed by atoms with van der Waals surface area (Å²) in [6.45, 7) is 4.24. The molecule has 1 aromatic carbocycles. The number of hydrogen-bond acceptors (Lipinski definition) is 3. The molecule has 2 heterocycles. The number of benzene rings is 1. The fourth-order valence-electron chi connectivity index (χ4n) is 2.80. The number of imidazole rings is 1. The van der Waals surface area contributed by atoms with Crippen LogP contribution in [0.5, 0.6) is 0 Å². The summed E-state index contributed by atoms with van der Waals surface area (Å²) in [5.41, 5.74) is 3.21. The molecule has 0 spiro atoms. The predicted molar refractivity (Wildman–Crippen MR) is 125 cm³/mol. The average molecular weight is 490 g/mol. The molecule has 2 N–H and O–H groups in total. The van der Waals surface area contributed by atoms with Crippen LogP contribution in [0.25, 0.3) is 11.3 Å². The van der Waals surface area contributed by atoms with E-state index in [-0.39, 0.29) is 24.0 Å². The van der Waals surface area contributed by atoms with Gasteiger partial charge in [-0.1, -0.05) is 36.4 Å². The summed E-state index contributed by atoms with van der Waals surface area (Å²) < 4.78 is 0. The summed E-state index contributed by atoms with van der Waals surface area (Å²) in [6, 6.07) is 16.2. The quantitative estimate of drug-likeness (QED) is 0.301. The molecule has 7 heteroatoms. The van der Waals surface area contributed by atoms with Gasteiger partial charge in [0.1, 0.15) is 5.82 Å². The van der Waals surface area contributed by atoms with Crippen molar-refractivity contribution in [3.05, 3.63) is 72.4 Å². The molecular weight excluding hydrogens is 463 g/mol. The highest BCUT2D eigenvalue weighted by Crippen LogP contribution is 2.16. The first-order valence-electron chi connectivity index (χ1n) is 9.25. The van der Waals surface area contributed by atoms with Gasteiger partial charge in [-0.2, -0.15) is 0 Å². The van der Waals surface area contributed by atoms with E-state index in [4.69, 9.17) is 4.99 Å². The Hall–Kier alpha value is -2.42. The zero-order valence-electron chi connectivity index (χ0n) is 16.3. The Labute approximate surface area is 183 Å². The number of nitrogens with zero attached hydrogens (tertiary/aromatic N) is 4. The highest BCUT2D eigenvalue weighted by atomic mass is 127. The van der Waals surface area contributed by atoms with Crippen LogP contribution < -0.4 is 5.32 Å². The Morgan fingerprint density at radius 2 is 1.89 bits per heavy atom. The zero-order valence-corrected chi connectivity index (χ0v) is 18.6. The second kappa shape index (κ2) is 11.4. The monoisotopic (exact) mass is 490 g/mol. The summed E-state index contributed by atoms with van der Waals surface area (Å²) in [7, 11) is 2.02. The van der Waals surface area contributed by atoms with Crippen molar-refractivity contribution in [2.45, 2.75) is 19.9 Å². The van der Waals surface area contributed by atoms with Gasteiger partial charge in [0.05, 0.1) is 18.4 Å². The van der Waals surface area contributed by atoms with Gasteiger partial charge < -0.3 is 15.2 Å². The number of rotatable bonds is 7. The van der Waals surface area contributed by atoms with Crippen LogP contribution in [0.1, 0.15) is 18.4 Å². The van der Waals surface area contributed by atoms with Crippen LogP contribution in [-0.4, -0.2) is 45.9 Å². The molecule has 0 radical (unpaired) electrons. The number of aromatic nitrogens is 3. The summed E-state index contributed by atoms with van der Waals surface area (Å²) in [4.78, 5) is 19.1. The van der Waals surface area contributed by atoms with E-state index in [2.05, 4.69) is 44.2 Å². The van der Waals surface area contributed by atoms with Crippen LogP contribution in [0.15, 0.2) is 65.9 Å². The van der Waals surface area contributed by atoms with E-state index in [0.717, 1.165) is 41.7 Å². The van der Waals surface area contributed by atoms with Gasteiger partial charge in [-0.15, -0.1) is 24.0 Å². The molecule has 0 fully saturated rings. The van der Waals surface area contributed by atoms with Crippen molar-refractivity contribution < 1.29 is 0 Å². The van der Waals surface area contributed by atoms with Gasteiger partial charge in [0.2, 0.25) is 0 Å². The third kappa shape index (κ3) is 6.33. The molecule has 6 nitrogen and oxygen atoms in total. The second-order valence-electron chi connectivity index (χ2n) is 6.27. The smallest absolute Gasteiger partial charge is 0.194 e. The van der Waals surface area contributed by atoms with Crippen molar-refractivity contribution in [1.29, 1.82) is 0 Å². The Morgan fingerprint density at radius 1 is 1.11 bits per heavy atom. The molecule has 0 bridgehead atoms. The van der Waals surface area contributed by atoms with Crippen LogP contribution >= 0.6 is 24.0 Å². The minimum atomic E-state index is 0. The molecule has 0 saturated heterocycles. The Balaban J connectivity index is 0.00000280. The first-order valence-corrected chi connectivity index (χ1v) is 9.25. The zero-order chi connectivity index (χ0) is 18.9. The number of H-pyrrole nitrogens is 1. The lowest BCUT2D eigenvalue weighted by atomic mass is 10.2. The van der Waals surface area contributed by atoms with E-state index in [0.29, 0.717) is 13.1 Å². The fourth-order valence-corrected chi connectivity index (χ4v) is 2.80. The van der Waals surface area contributed by atoms with Crippen LogP contribution in [0, 0.1) is 0 Å². The summed E-state index contributed by atoms with van der Waals surface area (Å²) in [6.07, 6.45) is 4.52. The standard InChI is InChI=1S/C21H26N6.HI/c1-3-22-21(24-14-12-18-11-7-8-13-23-18)27(2)16-20-25-15-19(26-20)17-9-5-4-6-10-17;/h4-11,13,15H,3,12,14,16H2,1-2H3,(H,22,24)(H,25,26);1H. The maximum Gasteiger partial charge on any atom is 0.194 e. The lowest BCUT2D eigenvalue weighted by Gasteiger charge is -2.21. The minimum absolute atomic E-state index is 0. The molecule has 0 aliphatic rings. The SMILES string of the molecule is CCNC(=NCCc1ccccn1)N(C)Cc1ncc(-c2ccccc2)[nH]1.I. The number of guanidine groups is 1. The number of halogens is 1. The Bertz CT molecular complexity index is 848. The van der Waals surface area contributed by atoms with Crippen LogP contribution in [0.4, 0.5) is 0 Å². The highest BCUT2D eigenvalue weighted by Gasteiger charge is 2.10. The number of hydrogen-bond donors (Lipinski definition) is 2. The van der Waals surface area contributed by atoms with Crippen molar-refractivity contribution in [3.8, 4) is 11.3 Å². The van der Waals surface area contributed by atoms with Crippen LogP contribution in [0.3, 0.4) is 0 Å². The maximum absolute atomic E-state index is 4.72. The molecule has 0 aliphatic carbocycles. The van der Waals surface area contributed by atoms with Gasteiger partial charge in [0, 0.05) is 38.4 Å². The van der Waals surface area contributed by atoms with Crippen molar-refractivity contribution in [2.24, 2.45) is 4.99 Å². The molecule has 0 atom stereocenters. The first kappa shape index (κ1) is 21.9. The topological polar surface area (TPSA) is 69.2 Å². The van der Waals surface area contributed by atoms with E-state index in [1.165, 1.54) is 0 Å². The van der Waals surface area contributed by atoms with Crippen molar-refractivity contribution >= 4 is 29.9 Å². The van der Waals surface area contributed by atoms with Gasteiger partial charge >= 0.3 is 0 Å². The van der Waals surface area contributed by atoms with Gasteiger partial charge in [0.25, 0.3) is 0 Å². The summed E-state index contributed by atoms with van der Waals surface area (Å²) in [5.74, 6) is 1.78. The predicted octanol–water partition coefficient (Wildman–Crippen LogP) is 3.73. The Morgan fingerprint density at radius 3 is 2.61 bits per heavy atom. The van der Waals surface area contributed by atoms with Crippen molar-refractivity contribution in [2.75, 3.05) is 20.1 Å². The van der Waals surface area contributed by atoms with E-state index in [1.54, 1.807) is 0 Å². The number of aromatic amines is 1. The fraction of sp³-hybridized carbons (Fsp3) is 0.286. The van der Waals surface area contributed by atoms with Crippen LogP contribution in [-0.2, 0) is 13.0 Å². The van der Waals surface area contributed by atoms with E-state index < -0.39 is 0 Å². The molecule has 148 valence electrons. The van der Waals surface area contributed by atoms with Gasteiger partial charge in [0.15, 0.2) is 5.96 Å². The van der Waals surface area contributed by atoms with Gasteiger partial charge in [-0.25, -0.2) is 4.98 Å². The van der Waals surface area contributed by atoms with E-state index >= 15 is 0 Å².